The Hall–Kier alpha value is -0.650. The van der Waals surface area contributed by atoms with E-state index in [0.717, 1.165) is 19.4 Å². The number of aliphatic hydroxyl groups is 1. The molecule has 1 aliphatic rings. The molecule has 0 aromatic carbocycles. The smallest absolute Gasteiger partial charge is 0.237 e. The summed E-state index contributed by atoms with van der Waals surface area (Å²) in [7, 11) is 0. The van der Waals surface area contributed by atoms with E-state index in [1.807, 2.05) is 0 Å². The van der Waals surface area contributed by atoms with Gasteiger partial charge >= 0.3 is 0 Å². The number of hydrogen-bond acceptors (Lipinski definition) is 4. The molecule has 0 bridgehead atoms. The van der Waals surface area contributed by atoms with E-state index in [9.17, 15) is 9.90 Å². The molecule has 2 atom stereocenters. The van der Waals surface area contributed by atoms with Gasteiger partial charge in [-0.05, 0) is 12.8 Å². The largest absolute Gasteiger partial charge is 0.392 e. The molecule has 5 nitrogen and oxygen atoms in total. The van der Waals surface area contributed by atoms with Crippen molar-refractivity contribution in [3.63, 3.8) is 0 Å². The molecule has 16 heavy (non-hydrogen) atoms. The lowest BCUT2D eigenvalue weighted by Crippen LogP contribution is -2.41. The SMILES string of the molecule is CCCCOCCNC(=O)C1CC(O)CN1. The van der Waals surface area contributed by atoms with Gasteiger partial charge < -0.3 is 20.5 Å². The second-order valence-electron chi connectivity index (χ2n) is 4.11. The third kappa shape index (κ3) is 4.92. The van der Waals surface area contributed by atoms with Crippen molar-refractivity contribution in [1.29, 1.82) is 0 Å². The van der Waals surface area contributed by atoms with Gasteiger partial charge in [-0.15, -0.1) is 0 Å². The van der Waals surface area contributed by atoms with Crippen LogP contribution in [0.25, 0.3) is 0 Å². The molecular formula is C11H22N2O3. The molecule has 0 aliphatic carbocycles. The summed E-state index contributed by atoms with van der Waals surface area (Å²) >= 11 is 0. The summed E-state index contributed by atoms with van der Waals surface area (Å²) in [5, 5.41) is 15.0. The molecule has 1 aliphatic heterocycles. The Balaban J connectivity index is 1.98. The fourth-order valence-corrected chi connectivity index (χ4v) is 1.63. The first kappa shape index (κ1) is 13.4. The molecule has 1 saturated heterocycles. The number of amides is 1. The number of carbonyl (C=O) groups is 1. The molecule has 1 fully saturated rings. The Bertz CT molecular complexity index is 211. The van der Waals surface area contributed by atoms with Crippen molar-refractivity contribution >= 4 is 5.91 Å². The number of β-amino-alcohol motifs (C(OH)–C–C–N with tert-alkyl or cyclic N) is 1. The number of hydrogen-bond donors (Lipinski definition) is 3. The van der Waals surface area contributed by atoms with Gasteiger partial charge in [0, 0.05) is 19.7 Å². The Kier molecular flexibility index (Phi) is 6.37. The van der Waals surface area contributed by atoms with Gasteiger partial charge in [0.25, 0.3) is 0 Å². The molecule has 0 radical (unpaired) electrons. The van der Waals surface area contributed by atoms with E-state index in [2.05, 4.69) is 17.6 Å². The monoisotopic (exact) mass is 230 g/mol. The zero-order chi connectivity index (χ0) is 11.8. The van der Waals surface area contributed by atoms with Crippen LogP contribution in [0.3, 0.4) is 0 Å². The molecule has 1 rings (SSSR count). The summed E-state index contributed by atoms with van der Waals surface area (Å²) in [6.45, 7) is 4.47. The number of rotatable bonds is 7. The fourth-order valence-electron chi connectivity index (χ4n) is 1.63. The molecular weight excluding hydrogens is 208 g/mol. The first-order valence-corrected chi connectivity index (χ1v) is 6.01. The lowest BCUT2D eigenvalue weighted by Gasteiger charge is -2.10. The maximum Gasteiger partial charge on any atom is 0.237 e. The second kappa shape index (κ2) is 7.60. The van der Waals surface area contributed by atoms with Gasteiger partial charge in [0.1, 0.15) is 0 Å². The van der Waals surface area contributed by atoms with Crippen molar-refractivity contribution in [2.24, 2.45) is 0 Å². The van der Waals surface area contributed by atoms with E-state index in [1.165, 1.54) is 0 Å². The molecule has 0 aromatic rings. The van der Waals surface area contributed by atoms with Crippen molar-refractivity contribution < 1.29 is 14.6 Å². The van der Waals surface area contributed by atoms with E-state index in [4.69, 9.17) is 4.74 Å². The van der Waals surface area contributed by atoms with E-state index >= 15 is 0 Å². The Morgan fingerprint density at radius 1 is 1.56 bits per heavy atom. The molecule has 0 spiro atoms. The number of carbonyl (C=O) groups excluding carboxylic acids is 1. The molecule has 94 valence electrons. The Morgan fingerprint density at radius 3 is 3.00 bits per heavy atom. The normalized spacial score (nSPS) is 24.6. The van der Waals surface area contributed by atoms with E-state index in [1.54, 1.807) is 0 Å². The third-order valence-corrected chi connectivity index (χ3v) is 2.61. The van der Waals surface area contributed by atoms with Gasteiger partial charge in [0.05, 0.1) is 18.8 Å². The molecule has 1 heterocycles. The summed E-state index contributed by atoms with van der Waals surface area (Å²) in [5.74, 6) is -0.0457. The van der Waals surface area contributed by atoms with Crippen LogP contribution in [0.2, 0.25) is 0 Å². The number of nitrogens with one attached hydrogen (secondary N) is 2. The minimum atomic E-state index is -0.392. The highest BCUT2D eigenvalue weighted by molar-refractivity contribution is 5.82. The molecule has 5 heteroatoms. The lowest BCUT2D eigenvalue weighted by atomic mass is 10.2. The van der Waals surface area contributed by atoms with Crippen molar-refractivity contribution in [3.8, 4) is 0 Å². The van der Waals surface area contributed by atoms with E-state index in [-0.39, 0.29) is 11.9 Å². The highest BCUT2D eigenvalue weighted by Crippen LogP contribution is 2.05. The average molecular weight is 230 g/mol. The predicted molar refractivity (Wildman–Crippen MR) is 61.2 cm³/mol. The Morgan fingerprint density at radius 2 is 2.38 bits per heavy atom. The highest BCUT2D eigenvalue weighted by atomic mass is 16.5. The minimum Gasteiger partial charge on any atom is -0.392 e. The zero-order valence-corrected chi connectivity index (χ0v) is 9.87. The maximum atomic E-state index is 11.5. The van der Waals surface area contributed by atoms with Crippen LogP contribution in [-0.2, 0) is 9.53 Å². The second-order valence-corrected chi connectivity index (χ2v) is 4.11. The summed E-state index contributed by atoms with van der Waals surface area (Å²) in [6, 6.07) is -0.245. The summed E-state index contributed by atoms with van der Waals surface area (Å²) in [5.41, 5.74) is 0. The molecule has 3 N–H and O–H groups in total. The zero-order valence-electron chi connectivity index (χ0n) is 9.87. The molecule has 0 saturated carbocycles. The van der Waals surface area contributed by atoms with Crippen LogP contribution in [0.5, 0.6) is 0 Å². The topological polar surface area (TPSA) is 70.6 Å². The van der Waals surface area contributed by atoms with Gasteiger partial charge in [0.15, 0.2) is 0 Å². The summed E-state index contributed by atoms with van der Waals surface area (Å²) in [4.78, 5) is 11.5. The van der Waals surface area contributed by atoms with Gasteiger partial charge in [-0.25, -0.2) is 0 Å². The Labute approximate surface area is 96.6 Å². The van der Waals surface area contributed by atoms with Crippen molar-refractivity contribution in [1.82, 2.24) is 10.6 Å². The first-order chi connectivity index (χ1) is 7.74. The van der Waals surface area contributed by atoms with Crippen LogP contribution in [0.4, 0.5) is 0 Å². The van der Waals surface area contributed by atoms with E-state index in [0.29, 0.717) is 26.1 Å². The highest BCUT2D eigenvalue weighted by Gasteiger charge is 2.27. The van der Waals surface area contributed by atoms with Crippen LogP contribution in [0.15, 0.2) is 0 Å². The fraction of sp³-hybridized carbons (Fsp3) is 0.909. The van der Waals surface area contributed by atoms with E-state index < -0.39 is 6.10 Å². The number of aliphatic hydroxyl groups excluding tert-OH is 1. The maximum absolute atomic E-state index is 11.5. The molecule has 1 amide bonds. The molecule has 2 unspecified atom stereocenters. The predicted octanol–water partition coefficient (Wildman–Crippen LogP) is -0.358. The first-order valence-electron chi connectivity index (χ1n) is 6.01. The quantitative estimate of drug-likeness (QED) is 0.522. The summed E-state index contributed by atoms with van der Waals surface area (Å²) in [6.07, 6.45) is 2.29. The average Bonchev–Trinajstić information content (AvgIpc) is 2.70. The van der Waals surface area contributed by atoms with Crippen molar-refractivity contribution in [2.75, 3.05) is 26.3 Å². The summed E-state index contributed by atoms with van der Waals surface area (Å²) < 4.78 is 5.32. The van der Waals surface area contributed by atoms with Crippen LogP contribution in [-0.4, -0.2) is 49.5 Å². The van der Waals surface area contributed by atoms with Crippen LogP contribution in [0, 0.1) is 0 Å². The van der Waals surface area contributed by atoms with Crippen LogP contribution in [0.1, 0.15) is 26.2 Å². The van der Waals surface area contributed by atoms with Crippen LogP contribution >= 0.6 is 0 Å². The number of ether oxygens (including phenoxy) is 1. The molecule has 0 aromatic heterocycles. The van der Waals surface area contributed by atoms with Gasteiger partial charge in [-0.2, -0.15) is 0 Å². The van der Waals surface area contributed by atoms with Crippen molar-refractivity contribution in [3.05, 3.63) is 0 Å². The van der Waals surface area contributed by atoms with Crippen molar-refractivity contribution in [2.45, 2.75) is 38.3 Å². The minimum absolute atomic E-state index is 0.0457. The van der Waals surface area contributed by atoms with Gasteiger partial charge in [0.2, 0.25) is 5.91 Å². The van der Waals surface area contributed by atoms with Crippen LogP contribution < -0.4 is 10.6 Å². The van der Waals surface area contributed by atoms with Gasteiger partial charge in [-0.3, -0.25) is 4.79 Å². The third-order valence-electron chi connectivity index (χ3n) is 2.61. The standard InChI is InChI=1S/C11H22N2O3/c1-2-3-5-16-6-4-12-11(15)10-7-9(14)8-13-10/h9-10,13-14H,2-8H2,1H3,(H,12,15). The lowest BCUT2D eigenvalue weighted by molar-refractivity contribution is -0.123. The number of unbranched alkanes of at least 4 members (excludes halogenated alkanes) is 1. The van der Waals surface area contributed by atoms with Gasteiger partial charge in [-0.1, -0.05) is 13.3 Å².